The van der Waals surface area contributed by atoms with E-state index in [1.54, 1.807) is 0 Å². The van der Waals surface area contributed by atoms with E-state index in [2.05, 4.69) is 15.6 Å². The summed E-state index contributed by atoms with van der Waals surface area (Å²) in [5.41, 5.74) is 1.94. The summed E-state index contributed by atoms with van der Waals surface area (Å²) in [6.45, 7) is 3.51. The number of aliphatic imine (C=N–C) groups is 1. The van der Waals surface area contributed by atoms with Gasteiger partial charge in [-0.25, -0.2) is 9.38 Å². The molecule has 0 aromatic heterocycles. The second kappa shape index (κ2) is 7.37. The minimum atomic E-state index is -0.462. The van der Waals surface area contributed by atoms with E-state index in [0.29, 0.717) is 35.2 Å². The van der Waals surface area contributed by atoms with Crippen molar-refractivity contribution in [3.63, 3.8) is 0 Å². The Labute approximate surface area is 166 Å². The first kappa shape index (κ1) is 18.6. The van der Waals surface area contributed by atoms with Gasteiger partial charge in [-0.15, -0.1) is 0 Å². The summed E-state index contributed by atoms with van der Waals surface area (Å²) in [5, 5.41) is 14.9. The molecule has 3 heterocycles. The van der Waals surface area contributed by atoms with E-state index in [0.717, 1.165) is 5.70 Å². The largest absolute Gasteiger partial charge is 0.487 e. The molecule has 0 atom stereocenters. The Morgan fingerprint density at radius 3 is 2.86 bits per heavy atom. The van der Waals surface area contributed by atoms with Crippen LogP contribution in [0.15, 0.2) is 45.3 Å². The van der Waals surface area contributed by atoms with Gasteiger partial charge in [0.25, 0.3) is 5.91 Å². The normalized spacial score (nSPS) is 22.4. The topological polar surface area (TPSA) is 89.8 Å². The fraction of sp³-hybridized carbons (Fsp3) is 0.316. The molecule has 3 aliphatic heterocycles. The predicted octanol–water partition coefficient (Wildman–Crippen LogP) is 2.01. The van der Waals surface area contributed by atoms with Crippen LogP contribution in [0, 0.1) is 11.2 Å². The third-order valence-electron chi connectivity index (χ3n) is 4.82. The van der Waals surface area contributed by atoms with E-state index in [9.17, 15) is 9.18 Å². The second-order valence-corrected chi connectivity index (χ2v) is 7.27. The number of benzene rings is 1. The van der Waals surface area contributed by atoms with Gasteiger partial charge in [0.1, 0.15) is 23.5 Å². The van der Waals surface area contributed by atoms with Gasteiger partial charge < -0.3 is 25.7 Å². The van der Waals surface area contributed by atoms with Crippen molar-refractivity contribution in [2.24, 2.45) is 4.99 Å². The molecule has 3 N–H and O–H groups in total. The lowest BCUT2D eigenvalue weighted by atomic mass is 10.1. The van der Waals surface area contributed by atoms with E-state index < -0.39 is 5.82 Å². The van der Waals surface area contributed by atoms with Crippen molar-refractivity contribution < 1.29 is 13.9 Å². The van der Waals surface area contributed by atoms with Crippen molar-refractivity contribution >= 4 is 29.4 Å². The molecule has 0 saturated carbocycles. The molecule has 0 unspecified atom stereocenters. The van der Waals surface area contributed by atoms with E-state index in [1.165, 1.54) is 29.3 Å². The molecule has 0 spiro atoms. The minimum Gasteiger partial charge on any atom is -0.487 e. The van der Waals surface area contributed by atoms with E-state index in [-0.39, 0.29) is 36.4 Å². The number of carbonyl (C=O) groups excluding carboxylic acids is 1. The van der Waals surface area contributed by atoms with Gasteiger partial charge in [-0.05, 0) is 19.1 Å². The molecular formula is C19H19ClFN5O2. The van der Waals surface area contributed by atoms with Crippen molar-refractivity contribution in [3.05, 3.63) is 51.7 Å². The van der Waals surface area contributed by atoms with Crippen LogP contribution in [-0.2, 0) is 0 Å². The lowest BCUT2D eigenvalue weighted by Gasteiger charge is -2.29. The average Bonchev–Trinajstić information content (AvgIpc) is 3.02. The Kier molecular flexibility index (Phi) is 4.91. The van der Waals surface area contributed by atoms with Crippen LogP contribution >= 0.6 is 11.6 Å². The maximum absolute atomic E-state index is 13.7. The molecule has 1 aromatic rings. The lowest BCUT2D eigenvalue weighted by Crippen LogP contribution is -2.50. The van der Waals surface area contributed by atoms with Gasteiger partial charge in [-0.2, -0.15) is 0 Å². The Balaban J connectivity index is 1.57. The zero-order valence-corrected chi connectivity index (χ0v) is 15.9. The number of hydrogen-bond acceptors (Lipinski definition) is 6. The number of ether oxygens (including phenoxy) is 1. The first-order chi connectivity index (χ1) is 13.4. The van der Waals surface area contributed by atoms with Crippen LogP contribution in [0.3, 0.4) is 0 Å². The third kappa shape index (κ3) is 3.53. The fourth-order valence-corrected chi connectivity index (χ4v) is 3.19. The molecule has 2 saturated heterocycles. The number of likely N-dealkylation sites (tertiary alicyclic amines) is 1. The molecule has 3 aliphatic rings. The standard InChI is InChI=1S/C19H19ClFN5O2/c1-10-15(20)7-24-18(25-10)14-8-26(9-16(14)22)19(27)13-3-2-11(21)4-17(13)28-12-5-23-6-12/h2-4,7,12,22-23,25H,5-6,8-9H2,1H3/b18-14-,22-16?. The second-order valence-electron chi connectivity index (χ2n) is 6.86. The SMILES string of the molecule is CC1=C(Cl)C=N/C(=C2\CN(C(=O)c3ccc(F)cc3OC3CNC3)CC2=N)N1. The summed E-state index contributed by atoms with van der Waals surface area (Å²) < 4.78 is 19.5. The van der Waals surface area contributed by atoms with Crippen LogP contribution in [0.5, 0.6) is 5.75 Å². The highest BCUT2D eigenvalue weighted by Gasteiger charge is 2.32. The van der Waals surface area contributed by atoms with Gasteiger partial charge in [-0.1, -0.05) is 11.6 Å². The van der Waals surface area contributed by atoms with Gasteiger partial charge in [-0.3, -0.25) is 4.79 Å². The number of nitrogens with one attached hydrogen (secondary N) is 3. The Morgan fingerprint density at radius 2 is 2.18 bits per heavy atom. The maximum Gasteiger partial charge on any atom is 0.258 e. The van der Waals surface area contributed by atoms with Crippen molar-refractivity contribution in [2.75, 3.05) is 26.2 Å². The molecule has 4 rings (SSSR count). The summed E-state index contributed by atoms with van der Waals surface area (Å²) in [5.74, 6) is -0.0368. The van der Waals surface area contributed by atoms with Crippen LogP contribution in [0.1, 0.15) is 17.3 Å². The molecule has 28 heavy (non-hydrogen) atoms. The van der Waals surface area contributed by atoms with E-state index in [1.807, 2.05) is 6.92 Å². The van der Waals surface area contributed by atoms with Crippen LogP contribution in [-0.4, -0.2) is 55.0 Å². The Bertz CT molecular complexity index is 952. The first-order valence-electron chi connectivity index (χ1n) is 8.87. The number of hydrogen-bond donors (Lipinski definition) is 3. The molecular weight excluding hydrogens is 385 g/mol. The van der Waals surface area contributed by atoms with Crippen LogP contribution in [0.4, 0.5) is 4.39 Å². The molecule has 1 amide bonds. The predicted molar refractivity (Wildman–Crippen MR) is 105 cm³/mol. The maximum atomic E-state index is 13.7. The zero-order valence-electron chi connectivity index (χ0n) is 15.2. The highest BCUT2D eigenvalue weighted by Crippen LogP contribution is 2.27. The van der Waals surface area contributed by atoms with Gasteiger partial charge in [0, 0.05) is 36.6 Å². The summed E-state index contributed by atoms with van der Waals surface area (Å²) in [6, 6.07) is 3.90. The number of rotatable bonds is 3. The zero-order chi connectivity index (χ0) is 19.8. The van der Waals surface area contributed by atoms with E-state index >= 15 is 0 Å². The number of amides is 1. The van der Waals surface area contributed by atoms with Crippen molar-refractivity contribution in [2.45, 2.75) is 13.0 Å². The third-order valence-corrected chi connectivity index (χ3v) is 5.20. The molecule has 2 fully saturated rings. The van der Waals surface area contributed by atoms with Crippen molar-refractivity contribution in [1.29, 1.82) is 5.41 Å². The molecule has 0 aliphatic carbocycles. The molecule has 146 valence electrons. The summed E-state index contributed by atoms with van der Waals surface area (Å²) in [7, 11) is 0. The van der Waals surface area contributed by atoms with E-state index in [4.69, 9.17) is 21.7 Å². The van der Waals surface area contributed by atoms with Gasteiger partial charge in [0.2, 0.25) is 0 Å². The lowest BCUT2D eigenvalue weighted by molar-refractivity contribution is 0.0790. The Morgan fingerprint density at radius 1 is 1.39 bits per heavy atom. The van der Waals surface area contributed by atoms with Crippen LogP contribution < -0.4 is 15.4 Å². The molecule has 1 aromatic carbocycles. The minimum absolute atomic E-state index is 0.0804. The van der Waals surface area contributed by atoms with Gasteiger partial charge in [0.05, 0.1) is 29.4 Å². The average molecular weight is 404 g/mol. The number of nitrogens with zero attached hydrogens (tertiary/aromatic N) is 2. The fourth-order valence-electron chi connectivity index (χ4n) is 3.10. The van der Waals surface area contributed by atoms with Gasteiger partial charge >= 0.3 is 0 Å². The molecule has 7 nitrogen and oxygen atoms in total. The van der Waals surface area contributed by atoms with Crippen molar-refractivity contribution in [3.8, 4) is 5.75 Å². The summed E-state index contributed by atoms with van der Waals surface area (Å²) in [6.07, 6.45) is 1.44. The van der Waals surface area contributed by atoms with Crippen LogP contribution in [0.2, 0.25) is 0 Å². The molecule has 9 heteroatoms. The summed E-state index contributed by atoms with van der Waals surface area (Å²) >= 11 is 6.00. The quantitative estimate of drug-likeness (QED) is 0.720. The van der Waals surface area contributed by atoms with Gasteiger partial charge in [0.15, 0.2) is 0 Å². The highest BCUT2D eigenvalue weighted by molar-refractivity contribution is 6.39. The number of halogens is 2. The number of carbonyl (C=O) groups is 1. The van der Waals surface area contributed by atoms with Crippen LogP contribution in [0.25, 0.3) is 0 Å². The van der Waals surface area contributed by atoms with Crippen molar-refractivity contribution in [1.82, 2.24) is 15.5 Å². The highest BCUT2D eigenvalue weighted by atomic mass is 35.5. The monoisotopic (exact) mass is 403 g/mol. The molecule has 0 radical (unpaired) electrons. The first-order valence-corrected chi connectivity index (χ1v) is 9.25. The smallest absolute Gasteiger partial charge is 0.258 e. The Hall–Kier alpha value is -2.71. The summed E-state index contributed by atoms with van der Waals surface area (Å²) in [4.78, 5) is 18.8. The number of allylic oxidation sites excluding steroid dienone is 2. The molecule has 0 bridgehead atoms.